The SMILES string of the molecule is OCC[C@H]1CN(c2ncccc2C(F)(F)F)CCN1Cc1cccs1. The number of hydrogen-bond donors (Lipinski definition) is 1. The Morgan fingerprint density at radius 1 is 1.24 bits per heavy atom. The van der Waals surface area contributed by atoms with Crippen LogP contribution < -0.4 is 4.90 Å². The average Bonchev–Trinajstić information content (AvgIpc) is 3.09. The molecule has 2 aromatic heterocycles. The number of halogens is 3. The van der Waals surface area contributed by atoms with Gasteiger partial charge in [-0.2, -0.15) is 13.2 Å². The fourth-order valence-electron chi connectivity index (χ4n) is 3.19. The first-order valence-corrected chi connectivity index (χ1v) is 9.01. The molecule has 3 heterocycles. The number of rotatable bonds is 5. The predicted molar refractivity (Wildman–Crippen MR) is 91.7 cm³/mol. The van der Waals surface area contributed by atoms with E-state index in [1.807, 2.05) is 17.5 Å². The quantitative estimate of drug-likeness (QED) is 0.876. The minimum absolute atomic E-state index is 0.00773. The largest absolute Gasteiger partial charge is 0.419 e. The molecule has 1 N–H and O–H groups in total. The minimum atomic E-state index is -4.43. The van der Waals surface area contributed by atoms with Gasteiger partial charge in [0.15, 0.2) is 0 Å². The van der Waals surface area contributed by atoms with Crippen LogP contribution in [0, 0.1) is 0 Å². The Balaban J connectivity index is 1.78. The van der Waals surface area contributed by atoms with Crippen LogP contribution in [-0.2, 0) is 12.7 Å². The van der Waals surface area contributed by atoms with Gasteiger partial charge in [0, 0.05) is 49.9 Å². The van der Waals surface area contributed by atoms with Crippen molar-refractivity contribution in [2.75, 3.05) is 31.1 Å². The molecule has 1 aliphatic heterocycles. The second-order valence-corrected chi connectivity index (χ2v) is 7.07. The molecule has 0 aliphatic carbocycles. The van der Waals surface area contributed by atoms with Crippen molar-refractivity contribution in [2.24, 2.45) is 0 Å². The van der Waals surface area contributed by atoms with Crippen LogP contribution in [0.2, 0.25) is 0 Å². The third kappa shape index (κ3) is 4.31. The summed E-state index contributed by atoms with van der Waals surface area (Å²) in [5.41, 5.74) is -0.704. The summed E-state index contributed by atoms with van der Waals surface area (Å²) in [6.07, 6.45) is -2.51. The van der Waals surface area contributed by atoms with E-state index in [1.165, 1.54) is 17.1 Å². The van der Waals surface area contributed by atoms with Crippen LogP contribution in [0.25, 0.3) is 0 Å². The number of aliphatic hydroxyl groups is 1. The minimum Gasteiger partial charge on any atom is -0.396 e. The molecule has 1 saturated heterocycles. The van der Waals surface area contributed by atoms with E-state index >= 15 is 0 Å². The molecule has 25 heavy (non-hydrogen) atoms. The number of thiophene rings is 1. The third-order valence-corrected chi connectivity index (χ3v) is 5.26. The summed E-state index contributed by atoms with van der Waals surface area (Å²) < 4.78 is 39.8. The molecule has 0 amide bonds. The summed E-state index contributed by atoms with van der Waals surface area (Å²) >= 11 is 1.66. The molecule has 0 radical (unpaired) electrons. The summed E-state index contributed by atoms with van der Waals surface area (Å²) in [7, 11) is 0. The molecular formula is C17H20F3N3OS. The number of hydrogen-bond acceptors (Lipinski definition) is 5. The molecule has 0 bridgehead atoms. The zero-order valence-corrected chi connectivity index (χ0v) is 14.4. The van der Waals surface area contributed by atoms with Crippen LogP contribution >= 0.6 is 11.3 Å². The average molecular weight is 371 g/mol. The summed E-state index contributed by atoms with van der Waals surface area (Å²) in [5.74, 6) is -0.0197. The van der Waals surface area contributed by atoms with E-state index in [4.69, 9.17) is 0 Å². The Hall–Kier alpha value is -1.64. The van der Waals surface area contributed by atoms with Crippen molar-refractivity contribution in [3.8, 4) is 0 Å². The predicted octanol–water partition coefficient (Wildman–Crippen LogP) is 3.24. The van der Waals surface area contributed by atoms with Crippen molar-refractivity contribution in [2.45, 2.75) is 25.2 Å². The number of nitrogens with zero attached hydrogens (tertiary/aromatic N) is 3. The number of anilines is 1. The van der Waals surface area contributed by atoms with E-state index in [0.717, 1.165) is 12.6 Å². The van der Waals surface area contributed by atoms with Gasteiger partial charge in [0.2, 0.25) is 0 Å². The van der Waals surface area contributed by atoms with E-state index in [9.17, 15) is 18.3 Å². The number of aliphatic hydroxyl groups excluding tert-OH is 1. The van der Waals surface area contributed by atoms with Gasteiger partial charge in [0.1, 0.15) is 5.82 Å². The van der Waals surface area contributed by atoms with Gasteiger partial charge in [-0.1, -0.05) is 6.07 Å². The van der Waals surface area contributed by atoms with E-state index in [0.29, 0.717) is 26.1 Å². The maximum atomic E-state index is 13.3. The lowest BCUT2D eigenvalue weighted by atomic mass is 10.1. The van der Waals surface area contributed by atoms with Crippen LogP contribution in [-0.4, -0.2) is 47.3 Å². The van der Waals surface area contributed by atoms with Crippen molar-refractivity contribution < 1.29 is 18.3 Å². The molecule has 3 rings (SSSR count). The lowest BCUT2D eigenvalue weighted by Crippen LogP contribution is -2.53. The van der Waals surface area contributed by atoms with Crippen molar-refractivity contribution in [3.63, 3.8) is 0 Å². The first-order valence-electron chi connectivity index (χ1n) is 8.13. The van der Waals surface area contributed by atoms with Crippen molar-refractivity contribution >= 4 is 17.2 Å². The molecule has 2 aromatic rings. The van der Waals surface area contributed by atoms with Crippen LogP contribution in [0.15, 0.2) is 35.8 Å². The lowest BCUT2D eigenvalue weighted by Gasteiger charge is -2.42. The molecule has 0 unspecified atom stereocenters. The van der Waals surface area contributed by atoms with Crippen molar-refractivity contribution in [3.05, 3.63) is 46.3 Å². The van der Waals surface area contributed by atoms with Gasteiger partial charge >= 0.3 is 6.18 Å². The van der Waals surface area contributed by atoms with Gasteiger partial charge in [-0.25, -0.2) is 4.98 Å². The molecule has 0 saturated carbocycles. The normalized spacial score (nSPS) is 19.4. The van der Waals surface area contributed by atoms with Gasteiger partial charge in [-0.05, 0) is 30.0 Å². The van der Waals surface area contributed by atoms with Crippen LogP contribution in [0.3, 0.4) is 0 Å². The van der Waals surface area contributed by atoms with E-state index in [2.05, 4.69) is 9.88 Å². The number of pyridine rings is 1. The zero-order valence-electron chi connectivity index (χ0n) is 13.6. The molecule has 0 spiro atoms. The Morgan fingerprint density at radius 2 is 2.08 bits per heavy atom. The smallest absolute Gasteiger partial charge is 0.396 e. The van der Waals surface area contributed by atoms with Gasteiger partial charge in [0.25, 0.3) is 0 Å². The number of piperazine rings is 1. The fourth-order valence-corrected chi connectivity index (χ4v) is 3.92. The van der Waals surface area contributed by atoms with Crippen molar-refractivity contribution in [1.29, 1.82) is 0 Å². The highest BCUT2D eigenvalue weighted by Gasteiger charge is 2.37. The monoisotopic (exact) mass is 371 g/mol. The maximum Gasteiger partial charge on any atom is 0.419 e. The molecule has 1 fully saturated rings. The van der Waals surface area contributed by atoms with Gasteiger partial charge in [-0.15, -0.1) is 11.3 Å². The number of aromatic nitrogens is 1. The van der Waals surface area contributed by atoms with Gasteiger partial charge < -0.3 is 10.0 Å². The Morgan fingerprint density at radius 3 is 2.76 bits per heavy atom. The molecule has 4 nitrogen and oxygen atoms in total. The molecule has 136 valence electrons. The highest BCUT2D eigenvalue weighted by molar-refractivity contribution is 7.09. The first-order chi connectivity index (χ1) is 12.0. The van der Waals surface area contributed by atoms with Crippen LogP contribution in [0.4, 0.5) is 19.0 Å². The Bertz CT molecular complexity index is 678. The van der Waals surface area contributed by atoms with E-state index < -0.39 is 11.7 Å². The molecule has 0 aromatic carbocycles. The highest BCUT2D eigenvalue weighted by atomic mass is 32.1. The standard InChI is InChI=1S/C17H20F3N3OS/c18-17(19,20)15-4-1-6-21-16(15)23-8-7-22(13(11-23)5-9-24)12-14-3-2-10-25-14/h1-4,6,10,13,24H,5,7-9,11-12H2/t13-/m0/s1. The highest BCUT2D eigenvalue weighted by Crippen LogP contribution is 2.36. The summed E-state index contributed by atoms with van der Waals surface area (Å²) in [4.78, 5) is 9.12. The summed E-state index contributed by atoms with van der Waals surface area (Å²) in [6, 6.07) is 6.41. The first kappa shape index (κ1) is 18.2. The molecular weight excluding hydrogens is 351 g/mol. The second kappa shape index (κ2) is 7.72. The van der Waals surface area contributed by atoms with Gasteiger partial charge in [-0.3, -0.25) is 4.90 Å². The van der Waals surface area contributed by atoms with E-state index in [1.54, 1.807) is 16.2 Å². The Labute approximate surface area is 148 Å². The third-order valence-electron chi connectivity index (χ3n) is 4.40. The van der Waals surface area contributed by atoms with Crippen molar-refractivity contribution in [1.82, 2.24) is 9.88 Å². The second-order valence-electron chi connectivity index (χ2n) is 6.03. The molecule has 8 heteroatoms. The topological polar surface area (TPSA) is 39.6 Å². The number of alkyl halides is 3. The van der Waals surface area contributed by atoms with Crippen LogP contribution in [0.1, 0.15) is 16.9 Å². The maximum absolute atomic E-state index is 13.3. The lowest BCUT2D eigenvalue weighted by molar-refractivity contribution is -0.137. The molecule has 1 aliphatic rings. The summed E-state index contributed by atoms with van der Waals surface area (Å²) in [6.45, 7) is 2.30. The summed E-state index contributed by atoms with van der Waals surface area (Å²) in [5, 5.41) is 11.4. The zero-order chi connectivity index (χ0) is 17.9. The van der Waals surface area contributed by atoms with E-state index in [-0.39, 0.29) is 18.5 Å². The fraction of sp³-hybridized carbons (Fsp3) is 0.471. The van der Waals surface area contributed by atoms with Gasteiger partial charge in [0.05, 0.1) is 5.56 Å². The Kier molecular flexibility index (Phi) is 5.61. The molecule has 1 atom stereocenters. The van der Waals surface area contributed by atoms with Crippen LogP contribution in [0.5, 0.6) is 0 Å².